The topological polar surface area (TPSA) is 105 Å². The predicted molar refractivity (Wildman–Crippen MR) is 138 cm³/mol. The molecular weight excluding hydrogens is 473 g/mol. The Morgan fingerprint density at radius 1 is 1.08 bits per heavy atom. The largest absolute Gasteiger partial charge is 0.365 e. The van der Waals surface area contributed by atoms with E-state index in [9.17, 15) is 9.18 Å². The monoisotopic (exact) mass is 497 g/mol. The lowest BCUT2D eigenvalue weighted by Crippen LogP contribution is -2.59. The van der Waals surface area contributed by atoms with Crippen LogP contribution in [0.3, 0.4) is 0 Å². The van der Waals surface area contributed by atoms with E-state index in [0.29, 0.717) is 18.9 Å². The number of carbonyl (C=O) groups excluding carboxylic acids is 1. The molecule has 0 saturated carbocycles. The van der Waals surface area contributed by atoms with Crippen molar-refractivity contribution in [2.75, 3.05) is 23.3 Å². The highest BCUT2D eigenvalue weighted by atomic mass is 19.1. The number of hydrogen-bond acceptors (Lipinski definition) is 7. The van der Waals surface area contributed by atoms with Gasteiger partial charge >= 0.3 is 0 Å². The van der Waals surface area contributed by atoms with Crippen LogP contribution in [0.2, 0.25) is 0 Å². The Morgan fingerprint density at radius 2 is 1.86 bits per heavy atom. The van der Waals surface area contributed by atoms with Crippen LogP contribution in [0.4, 0.5) is 21.6 Å². The molecule has 6 rings (SSSR count). The van der Waals surface area contributed by atoms with Gasteiger partial charge in [-0.25, -0.2) is 23.4 Å². The molecule has 10 nitrogen and oxygen atoms in total. The molecule has 0 atom stereocenters. The van der Waals surface area contributed by atoms with Crippen molar-refractivity contribution in [3.8, 4) is 0 Å². The van der Waals surface area contributed by atoms with Gasteiger partial charge in [0.05, 0.1) is 11.7 Å². The molecule has 1 amide bonds. The lowest BCUT2D eigenvalue weighted by molar-refractivity contribution is -0.119. The number of nitrogens with one attached hydrogen (secondary N) is 2. The van der Waals surface area contributed by atoms with E-state index in [1.807, 2.05) is 30.6 Å². The normalized spacial score (nSPS) is 13.6. The van der Waals surface area contributed by atoms with Crippen molar-refractivity contribution in [2.24, 2.45) is 0 Å². The predicted octanol–water partition coefficient (Wildman–Crippen LogP) is 3.20. The summed E-state index contributed by atoms with van der Waals surface area (Å²) in [5.74, 6) is -1.08. The van der Waals surface area contributed by atoms with E-state index in [4.69, 9.17) is 0 Å². The third kappa shape index (κ3) is 4.35. The minimum absolute atomic E-state index is 0.142. The first kappa shape index (κ1) is 22.7. The molecule has 0 unspecified atom stereocenters. The highest BCUT2D eigenvalue weighted by Crippen LogP contribution is 2.32. The van der Waals surface area contributed by atoms with Crippen molar-refractivity contribution in [1.82, 2.24) is 34.5 Å². The molecule has 0 spiro atoms. The number of amides is 1. The first-order valence-corrected chi connectivity index (χ1v) is 11.8. The molecule has 0 radical (unpaired) electrons. The summed E-state index contributed by atoms with van der Waals surface area (Å²) < 4.78 is 16.5. The SMILES string of the molecule is C=C(F)C(=O)NC1CN(c2ccn3ncnc(Nc4ccc(Cc5ccn6ncnc6c5)c(C)c4)c23)C1. The highest BCUT2D eigenvalue weighted by Gasteiger charge is 2.31. The standard InChI is InChI=1S/C26H24FN9O/c1-16-9-20(4-3-19(16)10-18-5-7-35-23(11-18)28-14-30-35)32-25-24-22(6-8-36(24)31-15-29-25)34-12-21(13-34)33-26(37)17(2)27/h3-9,11,14-15,21H,2,10,12-13H2,1H3,(H,33,37)(H,29,31,32). The van der Waals surface area contributed by atoms with Crippen LogP contribution in [0.15, 0.2) is 73.9 Å². The summed E-state index contributed by atoms with van der Waals surface area (Å²) in [4.78, 5) is 22.4. The molecular formula is C26H24FN9O. The molecule has 37 heavy (non-hydrogen) atoms. The minimum atomic E-state index is -0.981. The van der Waals surface area contributed by atoms with Gasteiger partial charge in [-0.05, 0) is 60.4 Å². The maximum absolute atomic E-state index is 13.0. The second-order valence-electron chi connectivity index (χ2n) is 9.12. The van der Waals surface area contributed by atoms with E-state index >= 15 is 0 Å². The van der Waals surface area contributed by atoms with Crippen LogP contribution in [0.5, 0.6) is 0 Å². The number of halogens is 1. The van der Waals surface area contributed by atoms with Gasteiger partial charge in [-0.1, -0.05) is 12.6 Å². The second-order valence-corrected chi connectivity index (χ2v) is 9.12. The van der Waals surface area contributed by atoms with E-state index in [1.54, 1.807) is 15.4 Å². The summed E-state index contributed by atoms with van der Waals surface area (Å²) in [7, 11) is 0. The molecule has 0 aliphatic carbocycles. The van der Waals surface area contributed by atoms with Gasteiger partial charge in [0, 0.05) is 31.2 Å². The number of carbonyl (C=O) groups is 1. The van der Waals surface area contributed by atoms with Crippen molar-refractivity contribution in [1.29, 1.82) is 0 Å². The second kappa shape index (κ2) is 9.01. The molecule has 11 heteroatoms. The first-order valence-electron chi connectivity index (χ1n) is 11.8. The highest BCUT2D eigenvalue weighted by molar-refractivity contribution is 5.91. The Kier molecular flexibility index (Phi) is 5.52. The van der Waals surface area contributed by atoms with Crippen molar-refractivity contribution < 1.29 is 9.18 Å². The number of rotatable bonds is 7. The lowest BCUT2D eigenvalue weighted by atomic mass is 10.0. The van der Waals surface area contributed by atoms with Gasteiger partial charge in [-0.15, -0.1) is 0 Å². The number of aromatic nitrogens is 6. The van der Waals surface area contributed by atoms with Crippen molar-refractivity contribution in [3.05, 3.63) is 90.5 Å². The Morgan fingerprint density at radius 3 is 2.68 bits per heavy atom. The van der Waals surface area contributed by atoms with Crippen LogP contribution >= 0.6 is 0 Å². The zero-order chi connectivity index (χ0) is 25.5. The molecule has 1 fully saturated rings. The first-order chi connectivity index (χ1) is 17.9. The maximum atomic E-state index is 13.0. The van der Waals surface area contributed by atoms with Crippen molar-refractivity contribution in [2.45, 2.75) is 19.4 Å². The Labute approximate surface area is 211 Å². The third-order valence-corrected chi connectivity index (χ3v) is 6.58. The lowest BCUT2D eigenvalue weighted by Gasteiger charge is -2.40. The summed E-state index contributed by atoms with van der Waals surface area (Å²) in [5.41, 5.74) is 7.04. The fraction of sp³-hybridized carbons (Fsp3) is 0.192. The maximum Gasteiger partial charge on any atom is 0.279 e. The number of hydrogen-bond donors (Lipinski definition) is 2. The molecule has 1 aliphatic rings. The third-order valence-electron chi connectivity index (χ3n) is 6.58. The van der Waals surface area contributed by atoms with Gasteiger partial charge in [-0.2, -0.15) is 10.2 Å². The minimum Gasteiger partial charge on any atom is -0.365 e. The van der Waals surface area contributed by atoms with Crippen LogP contribution in [-0.4, -0.2) is 54.2 Å². The molecule has 5 heterocycles. The number of aryl methyl sites for hydroxylation is 1. The van der Waals surface area contributed by atoms with Crippen LogP contribution in [0.25, 0.3) is 11.2 Å². The van der Waals surface area contributed by atoms with Gasteiger partial charge in [0.1, 0.15) is 18.2 Å². The number of pyridine rings is 1. The van der Waals surface area contributed by atoms with E-state index in [0.717, 1.165) is 34.5 Å². The van der Waals surface area contributed by atoms with Crippen LogP contribution < -0.4 is 15.5 Å². The number of nitrogens with zero attached hydrogens (tertiary/aromatic N) is 7. The summed E-state index contributed by atoms with van der Waals surface area (Å²) in [6, 6.07) is 12.2. The van der Waals surface area contributed by atoms with E-state index in [2.05, 4.69) is 67.4 Å². The molecule has 4 aromatic heterocycles. The molecule has 186 valence electrons. The van der Waals surface area contributed by atoms with Crippen LogP contribution in [0, 0.1) is 6.92 Å². The summed E-state index contributed by atoms with van der Waals surface area (Å²) in [6.45, 7) is 6.25. The number of fused-ring (bicyclic) bond motifs is 2. The van der Waals surface area contributed by atoms with Gasteiger partial charge in [0.15, 0.2) is 17.3 Å². The van der Waals surface area contributed by atoms with Crippen molar-refractivity contribution >= 4 is 34.3 Å². The van der Waals surface area contributed by atoms with Crippen molar-refractivity contribution in [3.63, 3.8) is 0 Å². The van der Waals surface area contributed by atoms with E-state index in [1.165, 1.54) is 17.5 Å². The van der Waals surface area contributed by atoms with Gasteiger partial charge < -0.3 is 15.5 Å². The molecule has 1 saturated heterocycles. The summed E-state index contributed by atoms with van der Waals surface area (Å²) in [5, 5.41) is 14.5. The average molecular weight is 498 g/mol. The van der Waals surface area contributed by atoms with Crippen LogP contribution in [-0.2, 0) is 11.2 Å². The number of benzene rings is 1. The van der Waals surface area contributed by atoms with E-state index < -0.39 is 11.7 Å². The molecule has 5 aromatic rings. The average Bonchev–Trinajstić information content (AvgIpc) is 3.50. The Hall–Kier alpha value is -4.80. The smallest absolute Gasteiger partial charge is 0.279 e. The molecule has 1 aromatic carbocycles. The molecule has 1 aliphatic heterocycles. The molecule has 2 N–H and O–H groups in total. The number of anilines is 3. The van der Waals surface area contributed by atoms with Gasteiger partial charge in [0.25, 0.3) is 5.91 Å². The Balaban J connectivity index is 1.20. The summed E-state index contributed by atoms with van der Waals surface area (Å²) >= 11 is 0. The zero-order valence-electron chi connectivity index (χ0n) is 20.1. The zero-order valence-corrected chi connectivity index (χ0v) is 20.1. The van der Waals surface area contributed by atoms with Crippen LogP contribution in [0.1, 0.15) is 16.7 Å². The van der Waals surface area contributed by atoms with E-state index in [-0.39, 0.29) is 6.04 Å². The quantitative estimate of drug-likeness (QED) is 0.333. The fourth-order valence-corrected chi connectivity index (χ4v) is 4.61. The fourth-order valence-electron chi connectivity index (χ4n) is 4.61. The summed E-state index contributed by atoms with van der Waals surface area (Å²) in [6.07, 6.45) is 7.64. The Bertz CT molecular complexity index is 1650. The molecule has 0 bridgehead atoms. The van der Waals surface area contributed by atoms with Gasteiger partial charge in [-0.3, -0.25) is 4.79 Å². The van der Waals surface area contributed by atoms with Gasteiger partial charge in [0.2, 0.25) is 0 Å².